The first-order chi connectivity index (χ1) is 13.5. The monoisotopic (exact) mass is 402 g/mol. The van der Waals surface area contributed by atoms with Crippen molar-refractivity contribution in [2.75, 3.05) is 5.73 Å². The van der Waals surface area contributed by atoms with E-state index in [2.05, 4.69) is 39.2 Å². The highest BCUT2D eigenvalue weighted by atomic mass is 16.6. The molecule has 10 nitrogen and oxygen atoms in total. The average molecular weight is 403 g/mol. The van der Waals surface area contributed by atoms with E-state index in [0.29, 0.717) is 29.1 Å². The van der Waals surface area contributed by atoms with Crippen molar-refractivity contribution < 1.29 is 9.84 Å². The average Bonchev–Trinajstić information content (AvgIpc) is 3.21. The summed E-state index contributed by atoms with van der Waals surface area (Å²) in [6.45, 7) is 11.2. The molecular weight excluding hydrogens is 372 g/mol. The van der Waals surface area contributed by atoms with Gasteiger partial charge in [0.2, 0.25) is 0 Å². The van der Waals surface area contributed by atoms with Crippen molar-refractivity contribution in [3.63, 3.8) is 0 Å². The highest BCUT2D eigenvalue weighted by Crippen LogP contribution is 2.35. The first-order valence-corrected chi connectivity index (χ1v) is 9.71. The summed E-state index contributed by atoms with van der Waals surface area (Å²) in [5, 5.41) is 22.9. The minimum atomic E-state index is -1.36. The van der Waals surface area contributed by atoms with Gasteiger partial charge >= 0.3 is 0 Å². The van der Waals surface area contributed by atoms with Crippen LogP contribution in [-0.4, -0.2) is 45.6 Å². The maximum Gasteiger partial charge on any atom is 0.178 e. The number of hydrogen-bond acceptors (Lipinski definition) is 8. The van der Waals surface area contributed by atoms with Crippen LogP contribution in [0.1, 0.15) is 63.3 Å². The molecule has 3 rings (SSSR count). The zero-order chi connectivity index (χ0) is 21.5. The number of ether oxygens (including phenoxy) is 1. The van der Waals surface area contributed by atoms with Crippen molar-refractivity contribution in [3.05, 3.63) is 23.4 Å². The molecule has 0 aliphatic rings. The molecule has 10 heteroatoms. The summed E-state index contributed by atoms with van der Waals surface area (Å²) in [6.07, 6.45) is 1.61. The van der Waals surface area contributed by atoms with E-state index in [9.17, 15) is 5.11 Å². The minimum absolute atomic E-state index is 0.0441. The van der Waals surface area contributed by atoms with Gasteiger partial charge in [0.1, 0.15) is 11.7 Å². The van der Waals surface area contributed by atoms with Crippen LogP contribution >= 0.6 is 0 Å². The number of pyridine rings is 1. The maximum absolute atomic E-state index is 10.4. The number of rotatable bonds is 7. The van der Waals surface area contributed by atoms with Gasteiger partial charge in [-0.2, -0.15) is 4.80 Å². The van der Waals surface area contributed by atoms with Crippen molar-refractivity contribution in [1.29, 1.82) is 0 Å². The highest BCUT2D eigenvalue weighted by molar-refractivity contribution is 5.86. The van der Waals surface area contributed by atoms with Crippen LogP contribution in [0.3, 0.4) is 0 Å². The lowest BCUT2D eigenvalue weighted by Crippen LogP contribution is -2.30. The summed E-state index contributed by atoms with van der Waals surface area (Å²) >= 11 is 0. The van der Waals surface area contributed by atoms with Crippen molar-refractivity contribution in [2.24, 2.45) is 13.0 Å². The molecule has 3 heterocycles. The molecule has 3 aromatic rings. The Bertz CT molecular complexity index is 1000. The first kappa shape index (κ1) is 21.1. The Kier molecular flexibility index (Phi) is 5.59. The Balaban J connectivity index is 2.07. The molecule has 1 unspecified atom stereocenters. The molecule has 158 valence electrons. The molecule has 3 N–H and O–H groups in total. The lowest BCUT2D eigenvalue weighted by Gasteiger charge is -2.30. The summed E-state index contributed by atoms with van der Waals surface area (Å²) in [4.78, 5) is 10.6. The fourth-order valence-corrected chi connectivity index (χ4v) is 3.37. The van der Waals surface area contributed by atoms with Crippen LogP contribution in [0.2, 0.25) is 0 Å². The number of aliphatic hydroxyl groups is 1. The minimum Gasteiger partial charge on any atom is -0.397 e. The van der Waals surface area contributed by atoms with E-state index in [-0.39, 0.29) is 11.8 Å². The summed E-state index contributed by atoms with van der Waals surface area (Å²) in [7, 11) is 1.74. The molecule has 0 aliphatic carbocycles. The molecule has 0 radical (unpaired) electrons. The van der Waals surface area contributed by atoms with E-state index in [1.807, 2.05) is 18.4 Å². The fourth-order valence-electron chi connectivity index (χ4n) is 3.37. The third kappa shape index (κ3) is 4.38. The number of fused-ring (bicyclic) bond motifs is 1. The summed E-state index contributed by atoms with van der Waals surface area (Å²) < 4.78 is 7.85. The number of aryl methyl sites for hydroxylation is 2. The lowest BCUT2D eigenvalue weighted by atomic mass is 9.91. The number of hydrogen-bond donors (Lipinski definition) is 2. The third-order valence-corrected chi connectivity index (χ3v) is 5.09. The van der Waals surface area contributed by atoms with Gasteiger partial charge in [0, 0.05) is 18.0 Å². The number of anilines is 1. The van der Waals surface area contributed by atoms with E-state index in [4.69, 9.17) is 10.5 Å². The Hall–Kier alpha value is -2.59. The number of imidazole rings is 1. The molecular formula is C19H30N8O2. The molecule has 0 spiro atoms. The van der Waals surface area contributed by atoms with Crippen LogP contribution in [0.15, 0.2) is 6.33 Å². The molecule has 0 saturated heterocycles. The Morgan fingerprint density at radius 1 is 1.28 bits per heavy atom. The number of nitrogen functional groups attached to an aromatic ring is 1. The number of aromatic nitrogens is 7. The Morgan fingerprint density at radius 3 is 2.52 bits per heavy atom. The number of nitrogens with two attached hydrogens (primary N) is 1. The van der Waals surface area contributed by atoms with Crippen LogP contribution in [0.4, 0.5) is 5.69 Å². The third-order valence-electron chi connectivity index (χ3n) is 5.09. The first-order valence-electron chi connectivity index (χ1n) is 9.71. The molecule has 2 atom stereocenters. The van der Waals surface area contributed by atoms with E-state index >= 15 is 0 Å². The normalized spacial score (nSPS) is 14.7. The van der Waals surface area contributed by atoms with Crippen LogP contribution < -0.4 is 5.73 Å². The van der Waals surface area contributed by atoms with Crippen LogP contribution in [0, 0.1) is 19.8 Å². The Morgan fingerprint density at radius 2 is 1.97 bits per heavy atom. The van der Waals surface area contributed by atoms with Gasteiger partial charge in [0.25, 0.3) is 0 Å². The predicted octanol–water partition coefficient (Wildman–Crippen LogP) is 2.23. The smallest absolute Gasteiger partial charge is 0.178 e. The van der Waals surface area contributed by atoms with Gasteiger partial charge in [-0.25, -0.2) is 9.97 Å². The highest BCUT2D eigenvalue weighted by Gasteiger charge is 2.31. The molecule has 0 bridgehead atoms. The Labute approximate surface area is 170 Å². The maximum atomic E-state index is 10.4. The second-order valence-corrected chi connectivity index (χ2v) is 8.30. The van der Waals surface area contributed by atoms with Gasteiger partial charge in [0.15, 0.2) is 17.3 Å². The summed E-state index contributed by atoms with van der Waals surface area (Å²) in [6, 6.07) is 0. The number of nitrogens with zero attached hydrogens (tertiary/aromatic N) is 7. The molecule has 0 aliphatic heterocycles. The second kappa shape index (κ2) is 7.68. The van der Waals surface area contributed by atoms with E-state index < -0.39 is 12.0 Å². The van der Waals surface area contributed by atoms with Crippen LogP contribution in [0.25, 0.3) is 11.2 Å². The van der Waals surface area contributed by atoms with E-state index in [0.717, 1.165) is 11.3 Å². The molecule has 0 amide bonds. The van der Waals surface area contributed by atoms with Gasteiger partial charge in [-0.05, 0) is 44.4 Å². The van der Waals surface area contributed by atoms with Crippen molar-refractivity contribution >= 4 is 16.9 Å². The molecule has 0 aromatic carbocycles. The van der Waals surface area contributed by atoms with Gasteiger partial charge in [-0.3, -0.25) is 4.57 Å². The summed E-state index contributed by atoms with van der Waals surface area (Å²) in [5.74, 6) is -0.541. The van der Waals surface area contributed by atoms with Crippen molar-refractivity contribution in [1.82, 2.24) is 34.7 Å². The molecule has 0 fully saturated rings. The van der Waals surface area contributed by atoms with Crippen LogP contribution in [0.5, 0.6) is 0 Å². The zero-order valence-corrected chi connectivity index (χ0v) is 18.1. The van der Waals surface area contributed by atoms with Crippen molar-refractivity contribution in [2.45, 2.75) is 65.9 Å². The SMILES string of the molecule is Cc1nc2c(ncn2[C@@H](CC(c2nnn(C)n2)C(C)C)OC(C)(C)O)c(N)c1C. The fraction of sp³-hybridized carbons (Fsp3) is 0.632. The molecule has 0 saturated carbocycles. The quantitative estimate of drug-likeness (QED) is 0.575. The standard InChI is InChI=1S/C19H30N8O2/c1-10(2)13(17-23-25-26(7)24-17)8-14(29-19(5,6)28)27-9-21-16-15(20)11(3)12(4)22-18(16)27/h9-10,13-14,28H,8H2,1-7H3,(H2,20,22)/t13?,14-/m1/s1. The van der Waals surface area contributed by atoms with Gasteiger partial charge < -0.3 is 15.6 Å². The zero-order valence-electron chi connectivity index (χ0n) is 18.1. The topological polar surface area (TPSA) is 130 Å². The largest absolute Gasteiger partial charge is 0.397 e. The molecule has 3 aromatic heterocycles. The van der Waals surface area contributed by atoms with Crippen molar-refractivity contribution in [3.8, 4) is 0 Å². The number of tetrazole rings is 1. The predicted molar refractivity (Wildman–Crippen MR) is 109 cm³/mol. The van der Waals surface area contributed by atoms with Crippen LogP contribution in [-0.2, 0) is 11.8 Å². The molecule has 29 heavy (non-hydrogen) atoms. The van der Waals surface area contributed by atoms with Gasteiger partial charge in [-0.1, -0.05) is 13.8 Å². The second-order valence-electron chi connectivity index (χ2n) is 8.30. The van der Waals surface area contributed by atoms with E-state index in [1.165, 1.54) is 4.80 Å². The van der Waals surface area contributed by atoms with Gasteiger partial charge in [0.05, 0.1) is 19.1 Å². The van der Waals surface area contributed by atoms with E-state index in [1.54, 1.807) is 27.2 Å². The lowest BCUT2D eigenvalue weighted by molar-refractivity contribution is -0.228. The van der Waals surface area contributed by atoms with Gasteiger partial charge in [-0.15, -0.1) is 10.2 Å². The summed E-state index contributed by atoms with van der Waals surface area (Å²) in [5.41, 5.74) is 9.85.